The van der Waals surface area contributed by atoms with Gasteiger partial charge in [0.15, 0.2) is 5.76 Å². The number of carbonyl (C=O) groups is 1. The molecule has 1 aliphatic rings. The molecule has 1 heterocycles. The molecule has 2 aromatic rings. The van der Waals surface area contributed by atoms with Gasteiger partial charge >= 0.3 is 0 Å². The Labute approximate surface area is 161 Å². The predicted molar refractivity (Wildman–Crippen MR) is 110 cm³/mol. The second-order valence-corrected chi connectivity index (χ2v) is 7.42. The summed E-state index contributed by atoms with van der Waals surface area (Å²) in [5, 5.41) is 0. The van der Waals surface area contributed by atoms with E-state index in [0.717, 1.165) is 16.9 Å². The van der Waals surface area contributed by atoms with Crippen LogP contribution >= 0.6 is 0 Å². The number of rotatable bonds is 5. The lowest BCUT2D eigenvalue weighted by atomic mass is 10.0. The molecule has 0 saturated heterocycles. The van der Waals surface area contributed by atoms with E-state index in [9.17, 15) is 4.79 Å². The van der Waals surface area contributed by atoms with Crippen LogP contribution in [0.5, 0.6) is 11.5 Å². The Bertz CT molecular complexity index is 911. The van der Waals surface area contributed by atoms with Crippen LogP contribution in [0.15, 0.2) is 53.8 Å². The molecule has 3 rings (SSSR count). The van der Waals surface area contributed by atoms with Crippen molar-refractivity contribution in [3.05, 3.63) is 76.1 Å². The first-order valence-corrected chi connectivity index (χ1v) is 9.30. The summed E-state index contributed by atoms with van der Waals surface area (Å²) in [7, 11) is 0. The van der Waals surface area contributed by atoms with Crippen molar-refractivity contribution in [2.24, 2.45) is 0 Å². The van der Waals surface area contributed by atoms with Gasteiger partial charge < -0.3 is 9.47 Å². The molecule has 140 valence electrons. The highest BCUT2D eigenvalue weighted by Crippen LogP contribution is 2.39. The quantitative estimate of drug-likeness (QED) is 0.478. The lowest BCUT2D eigenvalue weighted by Crippen LogP contribution is -1.98. The van der Waals surface area contributed by atoms with Crippen molar-refractivity contribution in [2.75, 3.05) is 6.61 Å². The van der Waals surface area contributed by atoms with Gasteiger partial charge in [-0.05, 0) is 62.1 Å². The highest BCUT2D eigenvalue weighted by atomic mass is 16.5. The number of ether oxygens (including phenoxy) is 2. The van der Waals surface area contributed by atoms with E-state index >= 15 is 0 Å². The van der Waals surface area contributed by atoms with E-state index in [2.05, 4.69) is 26.0 Å². The summed E-state index contributed by atoms with van der Waals surface area (Å²) >= 11 is 0. The average molecular weight is 362 g/mol. The van der Waals surface area contributed by atoms with E-state index in [1.165, 1.54) is 11.1 Å². The molecule has 3 heteroatoms. The molecule has 0 atom stereocenters. The third kappa shape index (κ3) is 4.13. The molecule has 0 unspecified atom stereocenters. The van der Waals surface area contributed by atoms with Crippen LogP contribution in [0, 0.1) is 6.92 Å². The lowest BCUT2D eigenvalue weighted by Gasteiger charge is -2.10. The third-order valence-electron chi connectivity index (χ3n) is 4.67. The molecule has 0 radical (unpaired) electrons. The second-order valence-electron chi connectivity index (χ2n) is 7.42. The Morgan fingerprint density at radius 2 is 1.81 bits per heavy atom. The molecule has 0 aromatic heterocycles. The van der Waals surface area contributed by atoms with Crippen LogP contribution in [0.4, 0.5) is 0 Å². The fourth-order valence-electron chi connectivity index (χ4n) is 2.95. The third-order valence-corrected chi connectivity index (χ3v) is 4.67. The molecular formula is C24H26O3. The number of hydrogen-bond acceptors (Lipinski definition) is 3. The van der Waals surface area contributed by atoms with Gasteiger partial charge in [-0.1, -0.05) is 43.7 Å². The van der Waals surface area contributed by atoms with E-state index in [4.69, 9.17) is 9.47 Å². The summed E-state index contributed by atoms with van der Waals surface area (Å²) in [4.78, 5) is 12.7. The van der Waals surface area contributed by atoms with Crippen LogP contribution in [-0.4, -0.2) is 12.4 Å². The summed E-state index contributed by atoms with van der Waals surface area (Å²) in [6.45, 7) is 10.8. The Morgan fingerprint density at radius 1 is 1.11 bits per heavy atom. The van der Waals surface area contributed by atoms with Gasteiger partial charge in [0, 0.05) is 5.56 Å². The summed E-state index contributed by atoms with van der Waals surface area (Å²) in [5.41, 5.74) is 4.86. The number of fused-ring (bicyclic) bond motifs is 1. The zero-order valence-electron chi connectivity index (χ0n) is 16.6. The van der Waals surface area contributed by atoms with Gasteiger partial charge in [-0.15, -0.1) is 0 Å². The fraction of sp³-hybridized carbons (Fsp3) is 0.292. The Balaban J connectivity index is 1.84. The summed E-state index contributed by atoms with van der Waals surface area (Å²) < 4.78 is 11.7. The Hall–Kier alpha value is -2.81. The van der Waals surface area contributed by atoms with E-state index < -0.39 is 0 Å². The monoisotopic (exact) mass is 362 g/mol. The van der Waals surface area contributed by atoms with Crippen LogP contribution in [0.25, 0.3) is 6.08 Å². The van der Waals surface area contributed by atoms with Crippen LogP contribution in [0.3, 0.4) is 0 Å². The molecule has 0 aliphatic carbocycles. The first-order valence-electron chi connectivity index (χ1n) is 9.30. The Morgan fingerprint density at radius 3 is 2.44 bits per heavy atom. The summed E-state index contributed by atoms with van der Waals surface area (Å²) in [6.07, 6.45) is 3.82. The Kier molecular flexibility index (Phi) is 5.50. The number of carbonyl (C=O) groups excluding carboxylic acids is 1. The molecule has 0 bridgehead atoms. The van der Waals surface area contributed by atoms with Crippen molar-refractivity contribution in [3.8, 4) is 11.5 Å². The molecule has 0 fully saturated rings. The first kappa shape index (κ1) is 19.0. The molecule has 2 aromatic carbocycles. The summed E-state index contributed by atoms with van der Waals surface area (Å²) in [5.74, 6) is 2.08. The SMILES string of the molecule is CC(C)=CCOc1ccc2c(c1C)O/C(=C\c1ccc(C(C)C)cc1)C2=O. The van der Waals surface area contributed by atoms with Crippen LogP contribution in [0.1, 0.15) is 60.7 Å². The van der Waals surface area contributed by atoms with Gasteiger partial charge in [0.25, 0.3) is 0 Å². The van der Waals surface area contributed by atoms with Gasteiger partial charge in [-0.2, -0.15) is 0 Å². The highest BCUT2D eigenvalue weighted by Gasteiger charge is 2.30. The maximum Gasteiger partial charge on any atom is 0.231 e. The predicted octanol–water partition coefficient (Wildman–Crippen LogP) is 6.08. The van der Waals surface area contributed by atoms with E-state index in [0.29, 0.717) is 29.6 Å². The molecular weight excluding hydrogens is 336 g/mol. The van der Waals surface area contributed by atoms with Crippen molar-refractivity contribution in [1.29, 1.82) is 0 Å². The maximum atomic E-state index is 12.7. The van der Waals surface area contributed by atoms with Crippen molar-refractivity contribution in [1.82, 2.24) is 0 Å². The first-order chi connectivity index (χ1) is 12.9. The van der Waals surface area contributed by atoms with Crippen molar-refractivity contribution >= 4 is 11.9 Å². The number of allylic oxidation sites excluding steroid dienone is 2. The van der Waals surface area contributed by atoms with Gasteiger partial charge in [0.05, 0.1) is 5.56 Å². The van der Waals surface area contributed by atoms with Crippen molar-refractivity contribution in [2.45, 2.75) is 40.5 Å². The van der Waals surface area contributed by atoms with Gasteiger partial charge in [-0.3, -0.25) is 4.79 Å². The largest absolute Gasteiger partial charge is 0.489 e. The minimum absolute atomic E-state index is 0.0862. The van der Waals surface area contributed by atoms with Crippen molar-refractivity contribution < 1.29 is 14.3 Å². The number of ketones is 1. The van der Waals surface area contributed by atoms with E-state index in [1.54, 1.807) is 12.1 Å². The molecule has 0 amide bonds. The minimum Gasteiger partial charge on any atom is -0.489 e. The van der Waals surface area contributed by atoms with Crippen LogP contribution in [0.2, 0.25) is 0 Å². The van der Waals surface area contributed by atoms with Gasteiger partial charge in [0.2, 0.25) is 5.78 Å². The number of benzene rings is 2. The van der Waals surface area contributed by atoms with Crippen LogP contribution in [-0.2, 0) is 0 Å². The summed E-state index contributed by atoms with van der Waals surface area (Å²) in [6, 6.07) is 11.8. The van der Waals surface area contributed by atoms with Gasteiger partial charge in [0.1, 0.15) is 18.1 Å². The van der Waals surface area contributed by atoms with Crippen LogP contribution < -0.4 is 9.47 Å². The molecule has 3 nitrogen and oxygen atoms in total. The normalized spacial score (nSPS) is 14.3. The maximum absolute atomic E-state index is 12.7. The standard InChI is InChI=1S/C24H26O3/c1-15(2)12-13-26-21-11-10-20-23(25)22(27-24(20)17(21)5)14-18-6-8-19(9-7-18)16(3)4/h6-12,14,16H,13H2,1-5H3/b22-14-. The number of Topliss-reactive ketones (excluding diaryl/α,β-unsaturated/α-hetero) is 1. The zero-order chi connectivity index (χ0) is 19.6. The number of hydrogen-bond donors (Lipinski definition) is 0. The average Bonchev–Trinajstić information content (AvgIpc) is 2.94. The second kappa shape index (κ2) is 7.83. The fourth-order valence-corrected chi connectivity index (χ4v) is 2.95. The smallest absolute Gasteiger partial charge is 0.231 e. The van der Waals surface area contributed by atoms with E-state index in [-0.39, 0.29) is 5.78 Å². The van der Waals surface area contributed by atoms with Gasteiger partial charge in [-0.25, -0.2) is 0 Å². The minimum atomic E-state index is -0.0862. The lowest BCUT2D eigenvalue weighted by molar-refractivity contribution is 0.101. The molecule has 0 saturated carbocycles. The van der Waals surface area contributed by atoms with E-state index in [1.807, 2.05) is 45.0 Å². The molecule has 0 N–H and O–H groups in total. The molecule has 1 aliphatic heterocycles. The molecule has 27 heavy (non-hydrogen) atoms. The topological polar surface area (TPSA) is 35.5 Å². The molecule has 0 spiro atoms. The van der Waals surface area contributed by atoms with Crippen molar-refractivity contribution in [3.63, 3.8) is 0 Å². The zero-order valence-corrected chi connectivity index (χ0v) is 16.6. The highest BCUT2D eigenvalue weighted by molar-refractivity contribution is 6.14.